The van der Waals surface area contributed by atoms with Gasteiger partial charge in [-0.25, -0.2) is 0 Å². The maximum absolute atomic E-state index is 10.9. The molecule has 0 heterocycles. The molecule has 1 aromatic carbocycles. The van der Waals surface area contributed by atoms with Crippen molar-refractivity contribution in [2.24, 2.45) is 5.41 Å². The number of hydrogen-bond donors (Lipinski definition) is 2. The van der Waals surface area contributed by atoms with E-state index in [2.05, 4.69) is 5.32 Å². The van der Waals surface area contributed by atoms with Crippen LogP contribution in [0, 0.1) is 16.7 Å². The average molecular weight is 253 g/mol. The normalized spacial score (nSPS) is 10.7. The number of halogens is 1. The molecule has 0 atom stereocenters. The number of benzene rings is 1. The van der Waals surface area contributed by atoms with Crippen molar-refractivity contribution in [3.8, 4) is 6.07 Å². The first-order valence-electron chi connectivity index (χ1n) is 5.04. The van der Waals surface area contributed by atoms with Crippen LogP contribution in [-0.4, -0.2) is 17.6 Å². The summed E-state index contributed by atoms with van der Waals surface area (Å²) in [6.45, 7) is 3.55. The number of hydrogen-bond acceptors (Lipinski definition) is 3. The molecule has 1 rings (SSSR count). The van der Waals surface area contributed by atoms with E-state index in [9.17, 15) is 4.79 Å². The Morgan fingerprint density at radius 1 is 1.59 bits per heavy atom. The molecule has 0 amide bonds. The molecule has 0 unspecified atom stereocenters. The maximum atomic E-state index is 10.9. The molecule has 0 saturated carbocycles. The van der Waals surface area contributed by atoms with Crippen molar-refractivity contribution in [3.05, 3.63) is 28.8 Å². The highest BCUT2D eigenvalue weighted by atomic mass is 35.5. The number of rotatable bonds is 4. The highest BCUT2D eigenvalue weighted by Crippen LogP contribution is 2.22. The predicted molar refractivity (Wildman–Crippen MR) is 66.1 cm³/mol. The van der Waals surface area contributed by atoms with Gasteiger partial charge in [0.1, 0.15) is 6.07 Å². The summed E-state index contributed by atoms with van der Waals surface area (Å²) in [5.41, 5.74) is 0.235. The van der Waals surface area contributed by atoms with Gasteiger partial charge in [-0.2, -0.15) is 5.26 Å². The second-order valence-electron chi connectivity index (χ2n) is 4.35. The molecule has 0 aliphatic carbocycles. The minimum atomic E-state index is -0.871. The first-order valence-corrected chi connectivity index (χ1v) is 5.41. The highest BCUT2D eigenvalue weighted by molar-refractivity contribution is 6.32. The second-order valence-corrected chi connectivity index (χ2v) is 4.76. The molecule has 5 heteroatoms. The number of aliphatic carboxylic acids is 1. The number of nitriles is 1. The van der Waals surface area contributed by atoms with Crippen molar-refractivity contribution in [2.75, 3.05) is 11.9 Å². The SMILES string of the molecule is CC(C)(CNc1ccc(C#N)c(Cl)c1)C(=O)O. The Kier molecular flexibility index (Phi) is 3.97. The summed E-state index contributed by atoms with van der Waals surface area (Å²) in [7, 11) is 0. The van der Waals surface area contributed by atoms with Gasteiger partial charge in [0.2, 0.25) is 0 Å². The highest BCUT2D eigenvalue weighted by Gasteiger charge is 2.26. The van der Waals surface area contributed by atoms with Crippen LogP contribution in [0.2, 0.25) is 5.02 Å². The molecule has 0 radical (unpaired) electrons. The topological polar surface area (TPSA) is 73.1 Å². The lowest BCUT2D eigenvalue weighted by molar-refractivity contribution is -0.146. The van der Waals surface area contributed by atoms with Crippen LogP contribution in [0.4, 0.5) is 5.69 Å². The summed E-state index contributed by atoms with van der Waals surface area (Å²) >= 11 is 5.86. The molecule has 0 aromatic heterocycles. The van der Waals surface area contributed by atoms with Gasteiger partial charge in [-0.1, -0.05) is 11.6 Å². The number of carboxylic acid groups (broad SMARTS) is 1. The zero-order valence-electron chi connectivity index (χ0n) is 9.62. The number of anilines is 1. The molecule has 0 fully saturated rings. The molecule has 0 spiro atoms. The van der Waals surface area contributed by atoms with E-state index in [1.165, 1.54) is 0 Å². The van der Waals surface area contributed by atoms with Gasteiger partial charge in [-0.15, -0.1) is 0 Å². The van der Waals surface area contributed by atoms with Crippen molar-refractivity contribution in [1.29, 1.82) is 5.26 Å². The average Bonchev–Trinajstić information content (AvgIpc) is 2.26. The summed E-state index contributed by atoms with van der Waals surface area (Å²) in [6, 6.07) is 6.86. The van der Waals surface area contributed by atoms with Crippen LogP contribution in [0.15, 0.2) is 18.2 Å². The fourth-order valence-electron chi connectivity index (χ4n) is 1.11. The Hall–Kier alpha value is -1.73. The third-order valence-corrected chi connectivity index (χ3v) is 2.72. The first-order chi connectivity index (χ1) is 7.86. The summed E-state index contributed by atoms with van der Waals surface area (Å²) in [5, 5.41) is 21.0. The predicted octanol–water partition coefficient (Wildman–Crippen LogP) is 2.73. The molecule has 0 aliphatic rings. The minimum Gasteiger partial charge on any atom is -0.481 e. The van der Waals surface area contributed by atoms with Gasteiger partial charge < -0.3 is 10.4 Å². The zero-order chi connectivity index (χ0) is 13.1. The van der Waals surface area contributed by atoms with E-state index in [1.54, 1.807) is 32.0 Å². The summed E-state index contributed by atoms with van der Waals surface area (Å²) in [6.07, 6.45) is 0. The molecule has 4 nitrogen and oxygen atoms in total. The van der Waals surface area contributed by atoms with Crippen molar-refractivity contribution in [3.63, 3.8) is 0 Å². The van der Waals surface area contributed by atoms with Crippen LogP contribution in [0.3, 0.4) is 0 Å². The molecule has 0 saturated heterocycles. The van der Waals surface area contributed by atoms with Gasteiger partial charge in [-0.05, 0) is 32.0 Å². The number of carboxylic acids is 1. The lowest BCUT2D eigenvalue weighted by Crippen LogP contribution is -2.31. The molecule has 90 valence electrons. The number of nitrogens with one attached hydrogen (secondary N) is 1. The van der Waals surface area contributed by atoms with Crippen LogP contribution in [0.1, 0.15) is 19.4 Å². The molecule has 0 bridgehead atoms. The van der Waals surface area contributed by atoms with Crippen molar-refractivity contribution in [1.82, 2.24) is 0 Å². The number of nitrogens with zero attached hydrogens (tertiary/aromatic N) is 1. The Bertz CT molecular complexity index is 478. The molecule has 1 aromatic rings. The van der Waals surface area contributed by atoms with E-state index in [0.717, 1.165) is 0 Å². The van der Waals surface area contributed by atoms with Crippen LogP contribution >= 0.6 is 11.6 Å². The second kappa shape index (κ2) is 5.07. The van der Waals surface area contributed by atoms with E-state index in [0.29, 0.717) is 16.3 Å². The van der Waals surface area contributed by atoms with Crippen LogP contribution in [-0.2, 0) is 4.79 Å². The van der Waals surface area contributed by atoms with Gasteiger partial charge >= 0.3 is 5.97 Å². The molecular weight excluding hydrogens is 240 g/mol. The van der Waals surface area contributed by atoms with Crippen LogP contribution in [0.25, 0.3) is 0 Å². The van der Waals surface area contributed by atoms with Crippen molar-refractivity contribution >= 4 is 23.3 Å². The number of carbonyl (C=O) groups is 1. The smallest absolute Gasteiger partial charge is 0.310 e. The van der Waals surface area contributed by atoms with Gasteiger partial charge in [-0.3, -0.25) is 4.79 Å². The zero-order valence-corrected chi connectivity index (χ0v) is 10.4. The standard InChI is InChI=1S/C12H13ClN2O2/c1-12(2,11(16)17)7-15-9-4-3-8(6-14)10(13)5-9/h3-5,15H,7H2,1-2H3,(H,16,17). The van der Waals surface area contributed by atoms with E-state index < -0.39 is 11.4 Å². The Labute approximate surface area is 105 Å². The lowest BCUT2D eigenvalue weighted by atomic mass is 9.94. The monoisotopic (exact) mass is 252 g/mol. The molecule has 2 N–H and O–H groups in total. The lowest BCUT2D eigenvalue weighted by Gasteiger charge is -2.20. The first kappa shape index (κ1) is 13.3. The molecule has 17 heavy (non-hydrogen) atoms. The molecule has 0 aliphatic heterocycles. The third kappa shape index (κ3) is 3.36. The Morgan fingerprint density at radius 2 is 2.24 bits per heavy atom. The van der Waals surface area contributed by atoms with E-state index in [-0.39, 0.29) is 6.54 Å². The van der Waals surface area contributed by atoms with E-state index in [1.807, 2.05) is 6.07 Å². The van der Waals surface area contributed by atoms with Gasteiger partial charge in [0.15, 0.2) is 0 Å². The maximum Gasteiger partial charge on any atom is 0.310 e. The van der Waals surface area contributed by atoms with Crippen LogP contribution in [0.5, 0.6) is 0 Å². The van der Waals surface area contributed by atoms with E-state index in [4.69, 9.17) is 22.0 Å². The van der Waals surface area contributed by atoms with E-state index >= 15 is 0 Å². The fraction of sp³-hybridized carbons (Fsp3) is 0.333. The Morgan fingerprint density at radius 3 is 2.71 bits per heavy atom. The van der Waals surface area contributed by atoms with Crippen molar-refractivity contribution < 1.29 is 9.90 Å². The van der Waals surface area contributed by atoms with Gasteiger partial charge in [0.05, 0.1) is 16.0 Å². The third-order valence-electron chi connectivity index (χ3n) is 2.40. The summed E-state index contributed by atoms with van der Waals surface area (Å²) < 4.78 is 0. The van der Waals surface area contributed by atoms with Crippen LogP contribution < -0.4 is 5.32 Å². The fourth-order valence-corrected chi connectivity index (χ4v) is 1.34. The quantitative estimate of drug-likeness (QED) is 0.864. The van der Waals surface area contributed by atoms with Gasteiger partial charge in [0, 0.05) is 12.2 Å². The van der Waals surface area contributed by atoms with Gasteiger partial charge in [0.25, 0.3) is 0 Å². The molecular formula is C12H13ClN2O2. The minimum absolute atomic E-state index is 0.282. The van der Waals surface area contributed by atoms with Crippen molar-refractivity contribution in [2.45, 2.75) is 13.8 Å². The largest absolute Gasteiger partial charge is 0.481 e. The summed E-state index contributed by atoms with van der Waals surface area (Å²) in [4.78, 5) is 10.9. The summed E-state index contributed by atoms with van der Waals surface area (Å²) in [5.74, 6) is -0.871. The Balaban J connectivity index is 2.75.